The van der Waals surface area contributed by atoms with Gasteiger partial charge in [0.2, 0.25) is 5.91 Å². The Hall–Kier alpha value is -0.900. The van der Waals surface area contributed by atoms with E-state index < -0.39 is 0 Å². The van der Waals surface area contributed by atoms with Crippen LogP contribution in [0.1, 0.15) is 36.3 Å². The van der Waals surface area contributed by atoms with Gasteiger partial charge in [0.1, 0.15) is 0 Å². The first-order valence-corrected chi connectivity index (χ1v) is 8.98. The van der Waals surface area contributed by atoms with Gasteiger partial charge in [0, 0.05) is 43.4 Å². The lowest BCUT2D eigenvalue weighted by molar-refractivity contribution is -0.123. The largest absolute Gasteiger partial charge is 0.357 e. The Kier molecular flexibility index (Phi) is 12.0. The first kappa shape index (κ1) is 23.1. The highest BCUT2D eigenvalue weighted by molar-refractivity contribution is 14.0. The molecule has 1 heterocycles. The van der Waals surface area contributed by atoms with Crippen LogP contribution in [0.4, 0.5) is 0 Å². The van der Waals surface area contributed by atoms with E-state index >= 15 is 0 Å². The van der Waals surface area contributed by atoms with Gasteiger partial charge in [-0.25, -0.2) is 4.98 Å². The molecule has 0 aliphatic heterocycles. The molecule has 138 valence electrons. The van der Waals surface area contributed by atoms with Crippen LogP contribution in [0.3, 0.4) is 0 Å². The predicted octanol–water partition coefficient (Wildman–Crippen LogP) is 2.25. The van der Waals surface area contributed by atoms with Crippen molar-refractivity contribution in [3.05, 3.63) is 15.6 Å². The van der Waals surface area contributed by atoms with Crippen molar-refractivity contribution in [2.75, 3.05) is 26.2 Å². The quantitative estimate of drug-likeness (QED) is 0.237. The second kappa shape index (κ2) is 12.5. The summed E-state index contributed by atoms with van der Waals surface area (Å²) in [4.78, 5) is 21.8. The first-order valence-electron chi connectivity index (χ1n) is 8.16. The molecule has 0 fully saturated rings. The molecule has 0 radical (unpaired) electrons. The number of hydrogen-bond donors (Lipinski definition) is 3. The van der Waals surface area contributed by atoms with Crippen molar-refractivity contribution in [2.24, 2.45) is 10.9 Å². The predicted molar refractivity (Wildman–Crippen MR) is 113 cm³/mol. The molecule has 0 unspecified atom stereocenters. The summed E-state index contributed by atoms with van der Waals surface area (Å²) in [6, 6.07) is 0. The molecule has 0 aliphatic carbocycles. The highest BCUT2D eigenvalue weighted by atomic mass is 127. The topological polar surface area (TPSA) is 78.4 Å². The van der Waals surface area contributed by atoms with E-state index in [0.29, 0.717) is 19.6 Å². The number of aryl methyl sites for hydroxylation is 2. The van der Waals surface area contributed by atoms with Gasteiger partial charge in [-0.05, 0) is 20.8 Å². The number of rotatable bonds is 8. The normalized spacial score (nSPS) is 11.2. The number of nitrogens with one attached hydrogen (secondary N) is 3. The highest BCUT2D eigenvalue weighted by Crippen LogP contribution is 2.16. The average molecular weight is 467 g/mol. The van der Waals surface area contributed by atoms with Crippen LogP contribution >= 0.6 is 35.3 Å². The van der Waals surface area contributed by atoms with Gasteiger partial charge in [-0.3, -0.25) is 9.79 Å². The molecule has 0 aromatic carbocycles. The molecule has 0 aliphatic rings. The SMILES string of the molecule is CCNC(=NCCc1nc(C)c(C)s1)NCCNC(=O)C(C)C.I. The van der Waals surface area contributed by atoms with Crippen LogP contribution in [0, 0.1) is 19.8 Å². The molecule has 0 spiro atoms. The second-order valence-electron chi connectivity index (χ2n) is 5.63. The van der Waals surface area contributed by atoms with Gasteiger partial charge in [0.25, 0.3) is 0 Å². The number of nitrogens with zero attached hydrogens (tertiary/aromatic N) is 2. The zero-order valence-corrected chi connectivity index (χ0v) is 18.4. The van der Waals surface area contributed by atoms with Gasteiger partial charge in [-0.15, -0.1) is 35.3 Å². The summed E-state index contributed by atoms with van der Waals surface area (Å²) in [5, 5.41) is 10.4. The van der Waals surface area contributed by atoms with E-state index in [2.05, 4.69) is 32.9 Å². The zero-order valence-electron chi connectivity index (χ0n) is 15.2. The van der Waals surface area contributed by atoms with Gasteiger partial charge < -0.3 is 16.0 Å². The Morgan fingerprint density at radius 2 is 1.88 bits per heavy atom. The number of carbonyl (C=O) groups excluding carboxylic acids is 1. The van der Waals surface area contributed by atoms with Crippen molar-refractivity contribution in [1.82, 2.24) is 20.9 Å². The zero-order chi connectivity index (χ0) is 17.2. The number of guanidine groups is 1. The van der Waals surface area contributed by atoms with Crippen molar-refractivity contribution in [1.29, 1.82) is 0 Å². The molecule has 8 heteroatoms. The fourth-order valence-corrected chi connectivity index (χ4v) is 2.74. The van der Waals surface area contributed by atoms with E-state index in [1.54, 1.807) is 11.3 Å². The Balaban J connectivity index is 0.00000529. The summed E-state index contributed by atoms with van der Waals surface area (Å²) in [5.41, 5.74) is 1.11. The van der Waals surface area contributed by atoms with Crippen molar-refractivity contribution < 1.29 is 4.79 Å². The smallest absolute Gasteiger partial charge is 0.222 e. The van der Waals surface area contributed by atoms with E-state index in [0.717, 1.165) is 29.6 Å². The minimum absolute atomic E-state index is 0. The molecular formula is C16H30IN5OS. The minimum atomic E-state index is 0. The number of halogens is 1. The number of thiazole rings is 1. The van der Waals surface area contributed by atoms with Gasteiger partial charge in [0.15, 0.2) is 5.96 Å². The monoisotopic (exact) mass is 467 g/mol. The maximum Gasteiger partial charge on any atom is 0.222 e. The number of aliphatic imine (C=N–C) groups is 1. The fraction of sp³-hybridized carbons (Fsp3) is 0.688. The van der Waals surface area contributed by atoms with Gasteiger partial charge in [0.05, 0.1) is 10.7 Å². The van der Waals surface area contributed by atoms with Crippen LogP contribution < -0.4 is 16.0 Å². The fourth-order valence-electron chi connectivity index (χ4n) is 1.82. The van der Waals surface area contributed by atoms with Crippen LogP contribution in [-0.4, -0.2) is 43.0 Å². The number of hydrogen-bond acceptors (Lipinski definition) is 4. The third-order valence-corrected chi connectivity index (χ3v) is 4.39. The van der Waals surface area contributed by atoms with Crippen molar-refractivity contribution >= 4 is 47.2 Å². The van der Waals surface area contributed by atoms with E-state index in [1.165, 1.54) is 4.88 Å². The Morgan fingerprint density at radius 1 is 1.21 bits per heavy atom. The molecule has 1 amide bonds. The van der Waals surface area contributed by atoms with Gasteiger partial charge in [-0.1, -0.05) is 13.8 Å². The number of carbonyl (C=O) groups is 1. The molecule has 0 atom stereocenters. The van der Waals surface area contributed by atoms with E-state index in [4.69, 9.17) is 0 Å². The summed E-state index contributed by atoms with van der Waals surface area (Å²) >= 11 is 1.74. The molecule has 24 heavy (non-hydrogen) atoms. The summed E-state index contributed by atoms with van der Waals surface area (Å²) in [6.45, 7) is 12.7. The standard InChI is InChI=1S/C16H29N5OS.HI/c1-6-17-16(20-10-9-18-15(22)11(2)3)19-8-7-14-21-12(4)13(5)23-14;/h11H,6-10H2,1-5H3,(H,18,22)(H2,17,19,20);1H. The third kappa shape index (κ3) is 8.81. The van der Waals surface area contributed by atoms with Gasteiger partial charge in [-0.2, -0.15) is 0 Å². The average Bonchev–Trinajstić information content (AvgIpc) is 2.81. The van der Waals surface area contributed by atoms with Crippen LogP contribution in [0.2, 0.25) is 0 Å². The summed E-state index contributed by atoms with van der Waals surface area (Å²) in [6.07, 6.45) is 0.847. The van der Waals surface area contributed by atoms with Crippen molar-refractivity contribution in [3.63, 3.8) is 0 Å². The molecule has 1 aromatic rings. The van der Waals surface area contributed by atoms with Gasteiger partial charge >= 0.3 is 0 Å². The third-order valence-electron chi connectivity index (χ3n) is 3.25. The van der Waals surface area contributed by atoms with Crippen molar-refractivity contribution in [3.8, 4) is 0 Å². The van der Waals surface area contributed by atoms with Crippen LogP contribution in [0.5, 0.6) is 0 Å². The lowest BCUT2D eigenvalue weighted by atomic mass is 10.2. The summed E-state index contributed by atoms with van der Waals surface area (Å²) < 4.78 is 0. The van der Waals surface area contributed by atoms with E-state index in [1.807, 2.05) is 27.7 Å². The maximum absolute atomic E-state index is 11.5. The summed E-state index contributed by atoms with van der Waals surface area (Å²) in [7, 11) is 0. The maximum atomic E-state index is 11.5. The highest BCUT2D eigenvalue weighted by Gasteiger charge is 2.06. The van der Waals surface area contributed by atoms with Crippen LogP contribution in [0.25, 0.3) is 0 Å². The number of amides is 1. The van der Waals surface area contributed by atoms with E-state index in [9.17, 15) is 4.79 Å². The van der Waals surface area contributed by atoms with Crippen molar-refractivity contribution in [2.45, 2.75) is 41.0 Å². The van der Waals surface area contributed by atoms with E-state index in [-0.39, 0.29) is 35.8 Å². The molecule has 1 aromatic heterocycles. The molecule has 6 nitrogen and oxygen atoms in total. The number of aromatic nitrogens is 1. The molecule has 1 rings (SSSR count). The molecule has 0 saturated heterocycles. The summed E-state index contributed by atoms with van der Waals surface area (Å²) in [5.74, 6) is 0.863. The van der Waals surface area contributed by atoms with Crippen LogP contribution in [-0.2, 0) is 11.2 Å². The second-order valence-corrected chi connectivity index (χ2v) is 6.92. The Morgan fingerprint density at radius 3 is 2.42 bits per heavy atom. The van der Waals surface area contributed by atoms with Crippen LogP contribution in [0.15, 0.2) is 4.99 Å². The minimum Gasteiger partial charge on any atom is -0.357 e. The molecule has 0 saturated carbocycles. The molecule has 3 N–H and O–H groups in total. The molecule has 0 bridgehead atoms. The molecular weight excluding hydrogens is 437 g/mol. The Labute approximate surface area is 166 Å². The lowest BCUT2D eigenvalue weighted by Gasteiger charge is -2.12. The lowest BCUT2D eigenvalue weighted by Crippen LogP contribution is -2.42. The first-order chi connectivity index (χ1) is 10.9. The Bertz CT molecular complexity index is 511.